The van der Waals surface area contributed by atoms with E-state index in [1.54, 1.807) is 29.2 Å². The highest BCUT2D eigenvalue weighted by molar-refractivity contribution is 6.21. The molecular weight excluding hydrogens is 308 g/mol. The normalized spacial score (nSPS) is 19.6. The highest BCUT2D eigenvalue weighted by Crippen LogP contribution is 2.23. The van der Waals surface area contributed by atoms with Gasteiger partial charge in [0.1, 0.15) is 0 Å². The number of carbonyl (C=O) groups excluding carboxylic acids is 3. The van der Waals surface area contributed by atoms with Crippen molar-refractivity contribution in [2.45, 2.75) is 32.3 Å². The van der Waals surface area contributed by atoms with Gasteiger partial charge in [-0.3, -0.25) is 19.3 Å². The largest absolute Gasteiger partial charge is 0.372 e. The van der Waals surface area contributed by atoms with Crippen molar-refractivity contribution in [1.82, 2.24) is 9.80 Å². The van der Waals surface area contributed by atoms with Gasteiger partial charge < -0.3 is 9.64 Å². The van der Waals surface area contributed by atoms with E-state index in [2.05, 4.69) is 0 Å². The summed E-state index contributed by atoms with van der Waals surface area (Å²) < 4.78 is 5.60. The quantitative estimate of drug-likeness (QED) is 0.788. The van der Waals surface area contributed by atoms with Gasteiger partial charge in [0.2, 0.25) is 5.91 Å². The molecule has 2 aliphatic heterocycles. The predicted octanol–water partition coefficient (Wildman–Crippen LogP) is 1.70. The number of amides is 3. The van der Waals surface area contributed by atoms with E-state index in [0.717, 1.165) is 0 Å². The first kappa shape index (κ1) is 16.6. The van der Waals surface area contributed by atoms with Gasteiger partial charge in [-0.15, -0.1) is 0 Å². The van der Waals surface area contributed by atoms with Crippen LogP contribution in [0.15, 0.2) is 24.3 Å². The third kappa shape index (κ3) is 3.19. The first-order valence-electron chi connectivity index (χ1n) is 8.26. The summed E-state index contributed by atoms with van der Waals surface area (Å²) in [6, 6.07) is 6.82. The lowest BCUT2D eigenvalue weighted by molar-refractivity contribution is -0.146. The van der Waals surface area contributed by atoms with Crippen LogP contribution in [0.2, 0.25) is 0 Å². The Labute approximate surface area is 141 Å². The summed E-state index contributed by atoms with van der Waals surface area (Å²) in [5.74, 6) is -0.492. The van der Waals surface area contributed by atoms with Gasteiger partial charge in [0, 0.05) is 26.1 Å². The molecule has 6 nitrogen and oxygen atoms in total. The van der Waals surface area contributed by atoms with Gasteiger partial charge >= 0.3 is 0 Å². The van der Waals surface area contributed by atoms with E-state index in [9.17, 15) is 14.4 Å². The van der Waals surface area contributed by atoms with Gasteiger partial charge in [-0.2, -0.15) is 0 Å². The molecule has 1 saturated heterocycles. The minimum Gasteiger partial charge on any atom is -0.372 e. The number of rotatable bonds is 4. The highest BCUT2D eigenvalue weighted by Gasteiger charge is 2.35. The van der Waals surface area contributed by atoms with Crippen LogP contribution in [0, 0.1) is 0 Å². The first-order valence-corrected chi connectivity index (χ1v) is 8.26. The van der Waals surface area contributed by atoms with Crippen LogP contribution in [0.1, 0.15) is 47.4 Å². The van der Waals surface area contributed by atoms with Crippen LogP contribution in [-0.2, 0) is 9.53 Å². The number of fused-ring (bicyclic) bond motifs is 1. The van der Waals surface area contributed by atoms with Crippen molar-refractivity contribution in [3.05, 3.63) is 35.4 Å². The van der Waals surface area contributed by atoms with Crippen molar-refractivity contribution in [3.63, 3.8) is 0 Å². The van der Waals surface area contributed by atoms with E-state index in [1.165, 1.54) is 4.90 Å². The van der Waals surface area contributed by atoms with Crippen LogP contribution in [0.3, 0.4) is 0 Å². The van der Waals surface area contributed by atoms with Crippen LogP contribution in [0.4, 0.5) is 0 Å². The molecule has 0 aromatic heterocycles. The molecule has 2 heterocycles. The topological polar surface area (TPSA) is 66.9 Å². The van der Waals surface area contributed by atoms with Crippen molar-refractivity contribution < 1.29 is 19.1 Å². The molecule has 3 amide bonds. The summed E-state index contributed by atoms with van der Waals surface area (Å²) >= 11 is 0. The average molecular weight is 330 g/mol. The fourth-order valence-electron chi connectivity index (χ4n) is 3.22. The van der Waals surface area contributed by atoms with Gasteiger partial charge in [0.25, 0.3) is 11.8 Å². The lowest BCUT2D eigenvalue weighted by Crippen LogP contribution is -2.50. The lowest BCUT2D eigenvalue weighted by Gasteiger charge is -2.38. The number of hydrogen-bond donors (Lipinski definition) is 0. The van der Waals surface area contributed by atoms with Crippen LogP contribution in [0.25, 0.3) is 0 Å². The van der Waals surface area contributed by atoms with Crippen molar-refractivity contribution in [2.75, 3.05) is 26.2 Å². The van der Waals surface area contributed by atoms with Crippen LogP contribution < -0.4 is 0 Å². The zero-order valence-electron chi connectivity index (χ0n) is 14.1. The number of benzene rings is 1. The molecule has 0 unspecified atom stereocenters. The molecule has 0 aliphatic carbocycles. The van der Waals surface area contributed by atoms with E-state index >= 15 is 0 Å². The number of nitrogens with zero attached hydrogens (tertiary/aromatic N) is 2. The van der Waals surface area contributed by atoms with E-state index in [0.29, 0.717) is 43.7 Å². The number of hydrogen-bond acceptors (Lipinski definition) is 4. The zero-order chi connectivity index (χ0) is 17.3. The fraction of sp³-hybridized carbons (Fsp3) is 0.500. The van der Waals surface area contributed by atoms with Gasteiger partial charge in [0.05, 0.1) is 23.3 Å². The van der Waals surface area contributed by atoms with Gasteiger partial charge in [-0.05, 0) is 32.4 Å². The van der Waals surface area contributed by atoms with Crippen molar-refractivity contribution in [1.29, 1.82) is 0 Å². The van der Waals surface area contributed by atoms with Crippen LogP contribution >= 0.6 is 0 Å². The summed E-state index contributed by atoms with van der Waals surface area (Å²) in [4.78, 5) is 39.9. The van der Waals surface area contributed by atoms with Gasteiger partial charge in [-0.25, -0.2) is 0 Å². The SMILES string of the molecule is CC1(C)CN(C(=O)CCCN2C(=O)c3ccccc3C2=O)CCO1. The molecule has 6 heteroatoms. The molecule has 0 radical (unpaired) electrons. The fourth-order valence-corrected chi connectivity index (χ4v) is 3.22. The van der Waals surface area contributed by atoms with Gasteiger partial charge in [0.15, 0.2) is 0 Å². The maximum atomic E-state index is 12.3. The smallest absolute Gasteiger partial charge is 0.261 e. The average Bonchev–Trinajstić information content (AvgIpc) is 2.79. The van der Waals surface area contributed by atoms with Crippen LogP contribution in [0.5, 0.6) is 0 Å². The Morgan fingerprint density at radius 2 is 1.79 bits per heavy atom. The summed E-state index contributed by atoms with van der Waals surface area (Å²) in [7, 11) is 0. The predicted molar refractivity (Wildman–Crippen MR) is 87.7 cm³/mol. The Bertz CT molecular complexity index is 648. The molecule has 0 atom stereocenters. The maximum absolute atomic E-state index is 12.3. The third-order valence-electron chi connectivity index (χ3n) is 4.43. The highest BCUT2D eigenvalue weighted by atomic mass is 16.5. The Morgan fingerprint density at radius 3 is 2.38 bits per heavy atom. The Hall–Kier alpha value is -2.21. The van der Waals surface area contributed by atoms with E-state index in [4.69, 9.17) is 4.74 Å². The third-order valence-corrected chi connectivity index (χ3v) is 4.43. The van der Waals surface area contributed by atoms with E-state index < -0.39 is 0 Å². The lowest BCUT2D eigenvalue weighted by atomic mass is 10.1. The molecule has 1 aromatic rings. The summed E-state index contributed by atoms with van der Waals surface area (Å²) in [6.45, 7) is 5.90. The minimum absolute atomic E-state index is 0.0444. The number of ether oxygens (including phenoxy) is 1. The maximum Gasteiger partial charge on any atom is 0.261 e. The Morgan fingerprint density at radius 1 is 1.17 bits per heavy atom. The van der Waals surface area contributed by atoms with Crippen LogP contribution in [-0.4, -0.2) is 59.4 Å². The number of imide groups is 1. The molecule has 0 bridgehead atoms. The molecule has 0 saturated carbocycles. The van der Waals surface area contributed by atoms with Crippen molar-refractivity contribution in [2.24, 2.45) is 0 Å². The standard InChI is InChI=1S/C18H22N2O4/c1-18(2)12-19(10-11-24-18)15(21)8-5-9-20-16(22)13-6-3-4-7-14(13)17(20)23/h3-4,6-7H,5,8-12H2,1-2H3. The summed E-state index contributed by atoms with van der Waals surface area (Å²) in [5.41, 5.74) is 0.573. The molecule has 1 fully saturated rings. The minimum atomic E-state index is -0.323. The molecule has 128 valence electrons. The Kier molecular flexibility index (Phi) is 4.41. The van der Waals surface area contributed by atoms with Gasteiger partial charge in [-0.1, -0.05) is 12.1 Å². The number of morpholine rings is 1. The van der Waals surface area contributed by atoms with E-state index in [-0.39, 0.29) is 29.9 Å². The summed E-state index contributed by atoms with van der Waals surface area (Å²) in [5, 5.41) is 0. The van der Waals surface area contributed by atoms with Crippen molar-refractivity contribution in [3.8, 4) is 0 Å². The number of carbonyl (C=O) groups is 3. The van der Waals surface area contributed by atoms with E-state index in [1.807, 2.05) is 13.8 Å². The summed E-state index contributed by atoms with van der Waals surface area (Å²) in [6.07, 6.45) is 0.797. The molecular formula is C18H22N2O4. The molecule has 0 N–H and O–H groups in total. The molecule has 24 heavy (non-hydrogen) atoms. The first-order chi connectivity index (χ1) is 11.4. The molecule has 2 aliphatic rings. The second-order valence-corrected chi connectivity index (χ2v) is 6.83. The second kappa shape index (κ2) is 6.36. The monoisotopic (exact) mass is 330 g/mol. The molecule has 3 rings (SSSR count). The molecule has 0 spiro atoms. The molecule has 1 aromatic carbocycles. The zero-order valence-corrected chi connectivity index (χ0v) is 14.1. The van der Waals surface area contributed by atoms with Crippen molar-refractivity contribution >= 4 is 17.7 Å². The second-order valence-electron chi connectivity index (χ2n) is 6.83. The Balaban J connectivity index is 1.53.